The van der Waals surface area contributed by atoms with Crippen LogP contribution in [0.2, 0.25) is 5.02 Å². The van der Waals surface area contributed by atoms with Gasteiger partial charge in [-0.05, 0) is 48.7 Å². The highest BCUT2D eigenvalue weighted by Gasteiger charge is 2.15. The normalized spacial score (nSPS) is 12.2. The number of rotatable bonds is 4. The van der Waals surface area contributed by atoms with Gasteiger partial charge in [-0.1, -0.05) is 45.7 Å². The van der Waals surface area contributed by atoms with Crippen LogP contribution in [0, 0.1) is 6.92 Å². The van der Waals surface area contributed by atoms with Gasteiger partial charge in [0.15, 0.2) is 0 Å². The Labute approximate surface area is 132 Å². The van der Waals surface area contributed by atoms with Crippen molar-refractivity contribution >= 4 is 27.5 Å². The fourth-order valence-electron chi connectivity index (χ4n) is 2.00. The number of aryl methyl sites for hydroxylation is 1. The summed E-state index contributed by atoms with van der Waals surface area (Å²) < 4.78 is 6.26. The summed E-state index contributed by atoms with van der Waals surface area (Å²) in [6.45, 7) is 4.48. The Balaban J connectivity index is 2.32. The first-order valence-corrected chi connectivity index (χ1v) is 7.56. The predicted molar refractivity (Wildman–Crippen MR) is 85.6 cm³/mol. The minimum atomic E-state index is -0.698. The van der Waals surface area contributed by atoms with E-state index in [0.29, 0.717) is 11.6 Å². The fourth-order valence-corrected chi connectivity index (χ4v) is 2.70. The Bertz CT molecular complexity index is 613. The first-order chi connectivity index (χ1) is 9.52. The number of hydrogen-bond acceptors (Lipinski definition) is 2. The first-order valence-electron chi connectivity index (χ1n) is 6.39. The minimum Gasteiger partial charge on any atom is -0.494 e. The molecular weight excluding hydrogens is 340 g/mol. The third kappa shape index (κ3) is 3.35. The van der Waals surface area contributed by atoms with Gasteiger partial charge in [0.2, 0.25) is 0 Å². The molecule has 1 unspecified atom stereocenters. The van der Waals surface area contributed by atoms with Gasteiger partial charge in [-0.2, -0.15) is 0 Å². The maximum atomic E-state index is 10.5. The van der Waals surface area contributed by atoms with Gasteiger partial charge in [0, 0.05) is 9.50 Å². The van der Waals surface area contributed by atoms with Crippen LogP contribution in [0.3, 0.4) is 0 Å². The van der Waals surface area contributed by atoms with E-state index in [-0.39, 0.29) is 0 Å². The molecule has 0 aromatic heterocycles. The zero-order valence-electron chi connectivity index (χ0n) is 11.4. The van der Waals surface area contributed by atoms with E-state index < -0.39 is 6.10 Å². The van der Waals surface area contributed by atoms with Crippen LogP contribution in [0.25, 0.3) is 0 Å². The van der Waals surface area contributed by atoms with Crippen molar-refractivity contribution in [2.24, 2.45) is 0 Å². The van der Waals surface area contributed by atoms with Gasteiger partial charge in [-0.25, -0.2) is 0 Å². The predicted octanol–water partition coefficient (Wildman–Crippen LogP) is 4.89. The zero-order valence-corrected chi connectivity index (χ0v) is 13.7. The summed E-state index contributed by atoms with van der Waals surface area (Å²) >= 11 is 9.49. The van der Waals surface area contributed by atoms with Gasteiger partial charge in [0.1, 0.15) is 11.9 Å². The van der Waals surface area contributed by atoms with E-state index >= 15 is 0 Å². The Hall–Kier alpha value is -1.03. The Kier molecular flexibility index (Phi) is 5.08. The summed E-state index contributed by atoms with van der Waals surface area (Å²) in [6.07, 6.45) is -0.698. The molecule has 1 atom stereocenters. The van der Waals surface area contributed by atoms with E-state index in [9.17, 15) is 5.11 Å². The van der Waals surface area contributed by atoms with E-state index in [1.54, 1.807) is 6.07 Å². The molecule has 0 aliphatic heterocycles. The number of aliphatic hydroxyl groups is 1. The maximum Gasteiger partial charge on any atom is 0.120 e. The molecule has 0 aliphatic rings. The number of halogens is 2. The molecule has 0 radical (unpaired) electrons. The molecule has 0 saturated carbocycles. The fraction of sp³-hybridized carbons (Fsp3) is 0.250. The Morgan fingerprint density at radius 3 is 2.60 bits per heavy atom. The second-order valence-corrected chi connectivity index (χ2v) is 5.79. The van der Waals surface area contributed by atoms with Crippen LogP contribution in [-0.2, 0) is 0 Å². The van der Waals surface area contributed by atoms with Gasteiger partial charge in [-0.3, -0.25) is 0 Å². The van der Waals surface area contributed by atoms with E-state index in [0.717, 1.165) is 26.9 Å². The molecule has 0 saturated heterocycles. The van der Waals surface area contributed by atoms with E-state index in [1.807, 2.05) is 44.2 Å². The molecule has 1 N–H and O–H groups in total. The quantitative estimate of drug-likeness (QED) is 0.846. The molecule has 0 amide bonds. The smallest absolute Gasteiger partial charge is 0.120 e. The van der Waals surface area contributed by atoms with Crippen molar-refractivity contribution in [3.63, 3.8) is 0 Å². The molecule has 2 aromatic rings. The summed E-state index contributed by atoms with van der Waals surface area (Å²) in [4.78, 5) is 0. The number of aliphatic hydroxyl groups excluding tert-OH is 1. The lowest BCUT2D eigenvalue weighted by Gasteiger charge is -2.15. The lowest BCUT2D eigenvalue weighted by Crippen LogP contribution is -2.02. The maximum absolute atomic E-state index is 10.5. The summed E-state index contributed by atoms with van der Waals surface area (Å²) in [5.74, 6) is 0.780. The summed E-state index contributed by atoms with van der Waals surface area (Å²) in [7, 11) is 0. The lowest BCUT2D eigenvalue weighted by atomic mass is 10.00. The molecular formula is C16H16BrClO2. The van der Waals surface area contributed by atoms with E-state index in [2.05, 4.69) is 15.9 Å². The lowest BCUT2D eigenvalue weighted by molar-refractivity contribution is 0.219. The highest BCUT2D eigenvalue weighted by molar-refractivity contribution is 9.10. The highest BCUT2D eigenvalue weighted by atomic mass is 79.9. The summed E-state index contributed by atoms with van der Waals surface area (Å²) in [5.41, 5.74) is 2.57. The zero-order chi connectivity index (χ0) is 14.7. The number of ether oxygens (including phenoxy) is 1. The van der Waals surface area contributed by atoms with Crippen molar-refractivity contribution in [1.82, 2.24) is 0 Å². The van der Waals surface area contributed by atoms with Gasteiger partial charge < -0.3 is 9.84 Å². The van der Waals surface area contributed by atoms with Crippen molar-refractivity contribution in [1.29, 1.82) is 0 Å². The molecule has 0 bridgehead atoms. The molecule has 20 heavy (non-hydrogen) atoms. The van der Waals surface area contributed by atoms with Crippen LogP contribution >= 0.6 is 27.5 Å². The largest absolute Gasteiger partial charge is 0.494 e. The average Bonchev–Trinajstić information content (AvgIpc) is 2.42. The van der Waals surface area contributed by atoms with Crippen molar-refractivity contribution in [3.8, 4) is 5.75 Å². The molecule has 0 spiro atoms. The number of benzene rings is 2. The van der Waals surface area contributed by atoms with Gasteiger partial charge in [0.25, 0.3) is 0 Å². The third-order valence-corrected chi connectivity index (χ3v) is 4.19. The number of hydrogen-bond donors (Lipinski definition) is 1. The third-order valence-electron chi connectivity index (χ3n) is 3.08. The molecule has 2 aromatic carbocycles. The van der Waals surface area contributed by atoms with Crippen LogP contribution in [0.4, 0.5) is 0 Å². The molecule has 2 rings (SSSR count). The first kappa shape index (κ1) is 15.4. The standard InChI is InChI=1S/C16H16BrClO2/c1-3-20-12-5-6-13(14(17)9-12)16(19)11-4-7-15(18)10(2)8-11/h4-9,16,19H,3H2,1-2H3. The summed E-state index contributed by atoms with van der Waals surface area (Å²) in [5, 5.41) is 11.2. The molecule has 4 heteroatoms. The molecule has 0 aliphatic carbocycles. The second-order valence-electron chi connectivity index (χ2n) is 4.53. The van der Waals surface area contributed by atoms with Crippen LogP contribution in [0.15, 0.2) is 40.9 Å². The average molecular weight is 356 g/mol. The van der Waals surface area contributed by atoms with Crippen molar-refractivity contribution in [2.75, 3.05) is 6.61 Å². The topological polar surface area (TPSA) is 29.5 Å². The van der Waals surface area contributed by atoms with E-state index in [4.69, 9.17) is 16.3 Å². The van der Waals surface area contributed by atoms with Crippen molar-refractivity contribution in [3.05, 3.63) is 62.6 Å². The van der Waals surface area contributed by atoms with Gasteiger partial charge >= 0.3 is 0 Å². The van der Waals surface area contributed by atoms with Crippen LogP contribution < -0.4 is 4.74 Å². The molecule has 106 valence electrons. The molecule has 2 nitrogen and oxygen atoms in total. The highest BCUT2D eigenvalue weighted by Crippen LogP contribution is 2.32. The van der Waals surface area contributed by atoms with Crippen LogP contribution in [0.5, 0.6) is 5.75 Å². The van der Waals surface area contributed by atoms with Gasteiger partial charge in [-0.15, -0.1) is 0 Å². The monoisotopic (exact) mass is 354 g/mol. The summed E-state index contributed by atoms with van der Waals surface area (Å²) in [6, 6.07) is 11.1. The SMILES string of the molecule is CCOc1ccc(C(O)c2ccc(Cl)c(C)c2)c(Br)c1. The second kappa shape index (κ2) is 6.61. The Morgan fingerprint density at radius 2 is 2.00 bits per heavy atom. The molecule has 0 fully saturated rings. The Morgan fingerprint density at radius 1 is 1.25 bits per heavy atom. The van der Waals surface area contributed by atoms with E-state index in [1.165, 1.54) is 0 Å². The molecule has 0 heterocycles. The van der Waals surface area contributed by atoms with Crippen LogP contribution in [-0.4, -0.2) is 11.7 Å². The van der Waals surface area contributed by atoms with Gasteiger partial charge in [0.05, 0.1) is 6.61 Å². The van der Waals surface area contributed by atoms with Crippen molar-refractivity contribution in [2.45, 2.75) is 20.0 Å². The van der Waals surface area contributed by atoms with Crippen molar-refractivity contribution < 1.29 is 9.84 Å². The van der Waals surface area contributed by atoms with Crippen LogP contribution in [0.1, 0.15) is 29.7 Å². The minimum absolute atomic E-state index is 0.616.